The summed E-state index contributed by atoms with van der Waals surface area (Å²) in [7, 11) is 0. The van der Waals surface area contributed by atoms with Gasteiger partial charge in [0.05, 0.1) is 12.4 Å². The lowest BCUT2D eigenvalue weighted by Crippen LogP contribution is -2.27. The van der Waals surface area contributed by atoms with Gasteiger partial charge in [0.25, 0.3) is 11.7 Å². The molecule has 1 aliphatic carbocycles. The van der Waals surface area contributed by atoms with Crippen molar-refractivity contribution in [2.75, 3.05) is 11.4 Å². The molecule has 9 heteroatoms. The summed E-state index contributed by atoms with van der Waals surface area (Å²) in [6, 6.07) is 2.06. The molecule has 1 amide bonds. The highest BCUT2D eigenvalue weighted by molar-refractivity contribution is 5.90. The second kappa shape index (κ2) is 5.88. The molecule has 1 saturated heterocycles. The van der Waals surface area contributed by atoms with Crippen molar-refractivity contribution in [3.63, 3.8) is 0 Å². The summed E-state index contributed by atoms with van der Waals surface area (Å²) in [6.07, 6.45) is 6.78. The largest absolute Gasteiger partial charge is 0.346 e. The van der Waals surface area contributed by atoms with Gasteiger partial charge in [0, 0.05) is 12.6 Å². The number of nitrogens with zero attached hydrogens (tertiary/aromatic N) is 6. The molecule has 2 fully saturated rings. The third kappa shape index (κ3) is 2.78. The second-order valence-electron chi connectivity index (χ2n) is 5.93. The van der Waals surface area contributed by atoms with E-state index in [1.165, 1.54) is 6.20 Å². The van der Waals surface area contributed by atoms with Gasteiger partial charge in [-0.2, -0.15) is 10.2 Å². The normalized spacial score (nSPS) is 20.0. The minimum atomic E-state index is -0.296. The molecule has 2 aliphatic rings. The molecule has 0 aromatic carbocycles. The van der Waals surface area contributed by atoms with E-state index in [1.807, 2.05) is 11.0 Å². The van der Waals surface area contributed by atoms with Gasteiger partial charge in [-0.1, -0.05) is 5.16 Å². The zero-order chi connectivity index (χ0) is 16.5. The van der Waals surface area contributed by atoms with Crippen molar-refractivity contribution in [3.05, 3.63) is 29.8 Å². The molecule has 3 heterocycles. The average molecular weight is 325 g/mol. The van der Waals surface area contributed by atoms with Gasteiger partial charge in [-0.15, -0.1) is 0 Å². The Morgan fingerprint density at radius 1 is 1.33 bits per heavy atom. The van der Waals surface area contributed by atoms with Crippen LogP contribution in [0.1, 0.15) is 53.9 Å². The molecule has 1 aliphatic heterocycles. The zero-order valence-corrected chi connectivity index (χ0v) is 12.8. The standard InChI is InChI=1S/C15H15N7O2/c16-6-10-7-18-12(8-17-10)22-5-1-2-11(22)15-20-13(21-24-15)14(23)19-9-3-4-9/h7-9,11H,1-5H2,(H,19,23). The molecule has 2 aromatic heterocycles. The van der Waals surface area contributed by atoms with Gasteiger partial charge >= 0.3 is 0 Å². The molecule has 0 radical (unpaired) electrons. The van der Waals surface area contributed by atoms with Crippen LogP contribution in [0, 0.1) is 11.3 Å². The van der Waals surface area contributed by atoms with Gasteiger partial charge in [-0.05, 0) is 25.7 Å². The van der Waals surface area contributed by atoms with Crippen LogP contribution in [0.15, 0.2) is 16.9 Å². The number of aromatic nitrogens is 4. The lowest BCUT2D eigenvalue weighted by Gasteiger charge is -2.22. The van der Waals surface area contributed by atoms with E-state index in [0.29, 0.717) is 11.7 Å². The van der Waals surface area contributed by atoms with E-state index in [4.69, 9.17) is 9.78 Å². The molecule has 1 N–H and O–H groups in total. The summed E-state index contributed by atoms with van der Waals surface area (Å²) in [4.78, 5) is 26.6. The number of carbonyl (C=O) groups is 1. The quantitative estimate of drug-likeness (QED) is 0.882. The number of hydrogen-bond acceptors (Lipinski definition) is 8. The van der Waals surface area contributed by atoms with Crippen molar-refractivity contribution < 1.29 is 9.32 Å². The Bertz CT molecular complexity index is 791. The van der Waals surface area contributed by atoms with Crippen LogP contribution in [0.4, 0.5) is 5.82 Å². The van der Waals surface area contributed by atoms with Gasteiger partial charge in [-0.25, -0.2) is 9.97 Å². The molecular formula is C15H15N7O2. The molecule has 122 valence electrons. The third-order valence-electron chi connectivity index (χ3n) is 4.14. The topological polar surface area (TPSA) is 121 Å². The first-order valence-electron chi connectivity index (χ1n) is 7.88. The molecule has 1 saturated carbocycles. The average Bonchev–Trinajstić information content (AvgIpc) is 3.11. The summed E-state index contributed by atoms with van der Waals surface area (Å²) >= 11 is 0. The molecule has 1 atom stereocenters. The zero-order valence-electron chi connectivity index (χ0n) is 12.8. The van der Waals surface area contributed by atoms with E-state index >= 15 is 0 Å². The van der Waals surface area contributed by atoms with Crippen LogP contribution in [-0.2, 0) is 0 Å². The van der Waals surface area contributed by atoms with Crippen LogP contribution in [-0.4, -0.2) is 38.6 Å². The van der Waals surface area contributed by atoms with E-state index in [2.05, 4.69) is 25.4 Å². The van der Waals surface area contributed by atoms with Gasteiger partial charge in [-0.3, -0.25) is 4.79 Å². The van der Waals surface area contributed by atoms with E-state index in [0.717, 1.165) is 32.2 Å². The fraction of sp³-hybridized carbons (Fsp3) is 0.467. The first-order chi connectivity index (χ1) is 11.7. The Hall–Kier alpha value is -3.02. The summed E-state index contributed by atoms with van der Waals surface area (Å²) in [5.74, 6) is 0.822. The fourth-order valence-electron chi connectivity index (χ4n) is 2.77. The van der Waals surface area contributed by atoms with Crippen LogP contribution in [0.2, 0.25) is 0 Å². The Labute approximate surface area is 137 Å². The fourth-order valence-corrected chi connectivity index (χ4v) is 2.77. The summed E-state index contributed by atoms with van der Waals surface area (Å²) in [5, 5.41) is 15.4. The molecule has 9 nitrogen and oxygen atoms in total. The highest BCUT2D eigenvalue weighted by Crippen LogP contribution is 2.34. The SMILES string of the molecule is N#Cc1cnc(N2CCCC2c2nc(C(=O)NC3CC3)no2)cn1. The predicted octanol–water partition coefficient (Wildman–Crippen LogP) is 0.965. The maximum atomic E-state index is 12.0. The lowest BCUT2D eigenvalue weighted by atomic mass is 10.2. The molecule has 2 aromatic rings. The van der Waals surface area contributed by atoms with Crippen molar-refractivity contribution >= 4 is 11.7 Å². The maximum Gasteiger partial charge on any atom is 0.292 e. The van der Waals surface area contributed by atoms with Crippen LogP contribution in [0.5, 0.6) is 0 Å². The van der Waals surface area contributed by atoms with Crippen molar-refractivity contribution in [1.82, 2.24) is 25.4 Å². The van der Waals surface area contributed by atoms with Crippen LogP contribution < -0.4 is 10.2 Å². The van der Waals surface area contributed by atoms with Crippen molar-refractivity contribution in [2.45, 2.75) is 37.8 Å². The Morgan fingerprint density at radius 2 is 2.21 bits per heavy atom. The molecule has 24 heavy (non-hydrogen) atoms. The van der Waals surface area contributed by atoms with Gasteiger partial charge in [0.15, 0.2) is 5.69 Å². The van der Waals surface area contributed by atoms with Crippen molar-refractivity contribution in [2.24, 2.45) is 0 Å². The first kappa shape index (κ1) is 14.6. The number of amides is 1. The second-order valence-corrected chi connectivity index (χ2v) is 5.93. The monoisotopic (exact) mass is 325 g/mol. The molecule has 4 rings (SSSR count). The Kier molecular flexibility index (Phi) is 3.57. The third-order valence-corrected chi connectivity index (χ3v) is 4.14. The number of hydrogen-bond donors (Lipinski definition) is 1. The number of nitriles is 1. The van der Waals surface area contributed by atoms with Crippen LogP contribution >= 0.6 is 0 Å². The number of anilines is 1. The summed E-state index contributed by atoms with van der Waals surface area (Å²) in [5.41, 5.74) is 0.270. The van der Waals surface area contributed by atoms with Gasteiger partial charge < -0.3 is 14.7 Å². The Morgan fingerprint density at radius 3 is 2.92 bits per heavy atom. The molecule has 0 bridgehead atoms. The van der Waals surface area contributed by atoms with Crippen LogP contribution in [0.25, 0.3) is 0 Å². The minimum absolute atomic E-state index is 0.0645. The molecule has 1 unspecified atom stereocenters. The molecular weight excluding hydrogens is 310 g/mol. The van der Waals surface area contributed by atoms with E-state index in [9.17, 15) is 4.79 Å². The van der Waals surface area contributed by atoms with Crippen LogP contribution in [0.3, 0.4) is 0 Å². The number of nitrogens with one attached hydrogen (secondary N) is 1. The summed E-state index contributed by atoms with van der Waals surface area (Å²) < 4.78 is 5.30. The number of carbonyl (C=O) groups excluding carboxylic acids is 1. The van der Waals surface area contributed by atoms with Gasteiger partial charge in [0.2, 0.25) is 5.89 Å². The van der Waals surface area contributed by atoms with Gasteiger partial charge in [0.1, 0.15) is 17.9 Å². The number of rotatable bonds is 4. The first-order valence-corrected chi connectivity index (χ1v) is 7.88. The smallest absolute Gasteiger partial charge is 0.292 e. The highest BCUT2D eigenvalue weighted by Gasteiger charge is 2.33. The Balaban J connectivity index is 1.52. The maximum absolute atomic E-state index is 12.0. The predicted molar refractivity (Wildman–Crippen MR) is 80.9 cm³/mol. The van der Waals surface area contributed by atoms with Crippen molar-refractivity contribution in [3.8, 4) is 6.07 Å². The minimum Gasteiger partial charge on any atom is -0.346 e. The van der Waals surface area contributed by atoms with E-state index in [1.54, 1.807) is 6.20 Å². The summed E-state index contributed by atoms with van der Waals surface area (Å²) in [6.45, 7) is 0.775. The lowest BCUT2D eigenvalue weighted by molar-refractivity contribution is 0.0937. The van der Waals surface area contributed by atoms with E-state index in [-0.39, 0.29) is 29.5 Å². The van der Waals surface area contributed by atoms with E-state index < -0.39 is 0 Å². The highest BCUT2D eigenvalue weighted by atomic mass is 16.5. The van der Waals surface area contributed by atoms with Crippen molar-refractivity contribution in [1.29, 1.82) is 5.26 Å². The molecule has 0 spiro atoms.